The lowest BCUT2D eigenvalue weighted by Crippen LogP contribution is -1.93. The number of nitrogens with zero attached hydrogens (tertiary/aromatic N) is 1. The molecule has 0 saturated carbocycles. The van der Waals surface area contributed by atoms with Crippen LogP contribution in [0.15, 0.2) is 29.3 Å². The molecule has 2 rings (SSSR count). The molecule has 68 valence electrons. The molecule has 0 radical (unpaired) electrons. The molecular formula is C10H11NOS. The number of rotatable bonds is 1. The normalized spacial score (nSPS) is 21.6. The van der Waals surface area contributed by atoms with Crippen molar-refractivity contribution in [1.29, 1.82) is 0 Å². The Hall–Kier alpha value is -0.960. The number of hydrogen-bond acceptors (Lipinski definition) is 3. The van der Waals surface area contributed by atoms with E-state index in [1.807, 2.05) is 18.2 Å². The standard InChI is InChI=1S/C10H11NOS/c1-7-6-13-10(11-7)8-4-2-3-5-9(8)12/h2-5,7,12H,6H2,1H3/t7-/m1/s1. The maximum Gasteiger partial charge on any atom is 0.125 e. The molecule has 1 aliphatic heterocycles. The van der Waals surface area contributed by atoms with E-state index in [-0.39, 0.29) is 0 Å². The molecule has 1 atom stereocenters. The van der Waals surface area contributed by atoms with Crippen LogP contribution in [0.2, 0.25) is 0 Å². The fourth-order valence-electron chi connectivity index (χ4n) is 1.28. The molecule has 0 aliphatic carbocycles. The van der Waals surface area contributed by atoms with Gasteiger partial charge in [-0.3, -0.25) is 4.99 Å². The van der Waals surface area contributed by atoms with Gasteiger partial charge in [-0.25, -0.2) is 0 Å². The van der Waals surface area contributed by atoms with Crippen molar-refractivity contribution in [2.45, 2.75) is 13.0 Å². The molecule has 1 N–H and O–H groups in total. The third-order valence-electron chi connectivity index (χ3n) is 1.93. The first-order valence-corrected chi connectivity index (χ1v) is 5.25. The van der Waals surface area contributed by atoms with Crippen molar-refractivity contribution in [3.8, 4) is 5.75 Å². The summed E-state index contributed by atoms with van der Waals surface area (Å²) >= 11 is 1.71. The summed E-state index contributed by atoms with van der Waals surface area (Å²) in [7, 11) is 0. The van der Waals surface area contributed by atoms with Crippen LogP contribution in [0.25, 0.3) is 0 Å². The van der Waals surface area contributed by atoms with Crippen molar-refractivity contribution in [3.63, 3.8) is 0 Å². The number of benzene rings is 1. The minimum Gasteiger partial charge on any atom is -0.507 e. The van der Waals surface area contributed by atoms with Crippen molar-refractivity contribution < 1.29 is 5.11 Å². The van der Waals surface area contributed by atoms with Gasteiger partial charge < -0.3 is 5.11 Å². The highest BCUT2D eigenvalue weighted by Crippen LogP contribution is 2.27. The van der Waals surface area contributed by atoms with Gasteiger partial charge in [-0.1, -0.05) is 12.1 Å². The average molecular weight is 193 g/mol. The highest BCUT2D eigenvalue weighted by Gasteiger charge is 2.17. The van der Waals surface area contributed by atoms with Crippen LogP contribution in [-0.4, -0.2) is 21.9 Å². The number of phenols is 1. The molecular weight excluding hydrogens is 182 g/mol. The van der Waals surface area contributed by atoms with Crippen LogP contribution < -0.4 is 0 Å². The fourth-order valence-corrected chi connectivity index (χ4v) is 2.33. The van der Waals surface area contributed by atoms with E-state index in [0.29, 0.717) is 11.8 Å². The number of thioether (sulfide) groups is 1. The predicted octanol–water partition coefficient (Wildman–Crippen LogP) is 2.27. The van der Waals surface area contributed by atoms with E-state index >= 15 is 0 Å². The highest BCUT2D eigenvalue weighted by atomic mass is 32.2. The van der Waals surface area contributed by atoms with E-state index in [9.17, 15) is 5.11 Å². The summed E-state index contributed by atoms with van der Waals surface area (Å²) in [6.45, 7) is 2.08. The Balaban J connectivity index is 2.36. The summed E-state index contributed by atoms with van der Waals surface area (Å²) < 4.78 is 0. The predicted molar refractivity (Wildman–Crippen MR) is 56.6 cm³/mol. The Morgan fingerprint density at radius 2 is 2.23 bits per heavy atom. The Morgan fingerprint density at radius 3 is 2.85 bits per heavy atom. The van der Waals surface area contributed by atoms with Gasteiger partial charge in [0.2, 0.25) is 0 Å². The van der Waals surface area contributed by atoms with Crippen LogP contribution in [0.3, 0.4) is 0 Å². The zero-order valence-corrected chi connectivity index (χ0v) is 8.21. The Labute approximate surface area is 81.7 Å². The van der Waals surface area contributed by atoms with Crippen molar-refractivity contribution in [2.75, 3.05) is 5.75 Å². The van der Waals surface area contributed by atoms with Crippen LogP contribution in [0.1, 0.15) is 12.5 Å². The smallest absolute Gasteiger partial charge is 0.125 e. The molecule has 1 aromatic rings. The number of phenolic OH excluding ortho intramolecular Hbond substituents is 1. The summed E-state index contributed by atoms with van der Waals surface area (Å²) in [6, 6.07) is 7.71. The van der Waals surface area contributed by atoms with E-state index in [1.54, 1.807) is 17.8 Å². The van der Waals surface area contributed by atoms with Crippen LogP contribution in [-0.2, 0) is 0 Å². The number of aliphatic imine (C=N–C) groups is 1. The maximum absolute atomic E-state index is 9.56. The summed E-state index contributed by atoms with van der Waals surface area (Å²) in [4.78, 5) is 4.44. The van der Waals surface area contributed by atoms with Gasteiger partial charge in [-0.2, -0.15) is 0 Å². The number of para-hydroxylation sites is 1. The minimum atomic E-state index is 0.322. The second-order valence-electron chi connectivity index (χ2n) is 3.11. The van der Waals surface area contributed by atoms with Crippen LogP contribution in [0, 0.1) is 0 Å². The molecule has 1 heterocycles. The third-order valence-corrected chi connectivity index (χ3v) is 3.18. The monoisotopic (exact) mass is 193 g/mol. The van der Waals surface area contributed by atoms with Gasteiger partial charge in [0.05, 0.1) is 6.04 Å². The van der Waals surface area contributed by atoms with Gasteiger partial charge in [-0.05, 0) is 19.1 Å². The minimum absolute atomic E-state index is 0.322. The fraction of sp³-hybridized carbons (Fsp3) is 0.300. The van der Waals surface area contributed by atoms with Gasteiger partial charge in [-0.15, -0.1) is 11.8 Å². The largest absolute Gasteiger partial charge is 0.507 e. The lowest BCUT2D eigenvalue weighted by molar-refractivity contribution is 0.474. The molecule has 1 aliphatic rings. The van der Waals surface area contributed by atoms with E-state index in [1.165, 1.54) is 0 Å². The Bertz CT molecular complexity index is 349. The SMILES string of the molecule is C[C@@H]1CSC(c2ccccc2O)=N1. The lowest BCUT2D eigenvalue weighted by Gasteiger charge is -2.01. The average Bonchev–Trinajstić information content (AvgIpc) is 2.53. The number of aromatic hydroxyl groups is 1. The Morgan fingerprint density at radius 1 is 1.46 bits per heavy atom. The molecule has 0 aromatic heterocycles. The third kappa shape index (κ3) is 1.70. The van der Waals surface area contributed by atoms with Crippen molar-refractivity contribution in [3.05, 3.63) is 29.8 Å². The number of hydrogen-bond donors (Lipinski definition) is 1. The Kier molecular flexibility index (Phi) is 2.27. The molecule has 0 amide bonds. The van der Waals surface area contributed by atoms with Crippen molar-refractivity contribution >= 4 is 16.8 Å². The quantitative estimate of drug-likeness (QED) is 0.742. The van der Waals surface area contributed by atoms with E-state index in [0.717, 1.165) is 16.4 Å². The molecule has 0 saturated heterocycles. The summed E-state index contributed by atoms with van der Waals surface area (Å²) in [5.41, 5.74) is 0.858. The lowest BCUT2D eigenvalue weighted by atomic mass is 10.2. The summed E-state index contributed by atoms with van der Waals surface area (Å²) in [6.07, 6.45) is 0. The van der Waals surface area contributed by atoms with Crippen molar-refractivity contribution in [1.82, 2.24) is 0 Å². The molecule has 0 unspecified atom stereocenters. The first kappa shape index (κ1) is 8.63. The molecule has 1 aromatic carbocycles. The van der Waals surface area contributed by atoms with Gasteiger partial charge in [0.15, 0.2) is 0 Å². The first-order valence-electron chi connectivity index (χ1n) is 4.26. The van der Waals surface area contributed by atoms with E-state index in [2.05, 4.69) is 11.9 Å². The zero-order valence-electron chi connectivity index (χ0n) is 7.40. The summed E-state index contributed by atoms with van der Waals surface area (Å²) in [5.74, 6) is 1.34. The molecule has 0 spiro atoms. The van der Waals surface area contributed by atoms with Crippen molar-refractivity contribution in [2.24, 2.45) is 4.99 Å². The highest BCUT2D eigenvalue weighted by molar-refractivity contribution is 8.14. The maximum atomic E-state index is 9.56. The first-order chi connectivity index (χ1) is 6.27. The molecule has 0 bridgehead atoms. The second kappa shape index (κ2) is 3.42. The van der Waals surface area contributed by atoms with Gasteiger partial charge in [0, 0.05) is 11.3 Å². The topological polar surface area (TPSA) is 32.6 Å². The zero-order chi connectivity index (χ0) is 9.26. The van der Waals surface area contributed by atoms with E-state index < -0.39 is 0 Å². The van der Waals surface area contributed by atoms with Gasteiger partial charge in [0.1, 0.15) is 10.8 Å². The van der Waals surface area contributed by atoms with Gasteiger partial charge >= 0.3 is 0 Å². The van der Waals surface area contributed by atoms with Crippen LogP contribution >= 0.6 is 11.8 Å². The molecule has 13 heavy (non-hydrogen) atoms. The van der Waals surface area contributed by atoms with Crippen LogP contribution in [0.4, 0.5) is 0 Å². The molecule has 3 heteroatoms. The molecule has 2 nitrogen and oxygen atoms in total. The van der Waals surface area contributed by atoms with E-state index in [4.69, 9.17) is 0 Å². The second-order valence-corrected chi connectivity index (χ2v) is 4.12. The molecule has 0 fully saturated rings. The summed E-state index contributed by atoms with van der Waals surface area (Å²) in [5, 5.41) is 10.5. The van der Waals surface area contributed by atoms with Crippen LogP contribution in [0.5, 0.6) is 5.75 Å². The van der Waals surface area contributed by atoms with Gasteiger partial charge in [0.25, 0.3) is 0 Å².